The molecule has 33 heavy (non-hydrogen) atoms. The van der Waals surface area contributed by atoms with Crippen molar-refractivity contribution in [3.05, 3.63) is 65.5 Å². The van der Waals surface area contributed by atoms with E-state index in [1.165, 1.54) is 4.31 Å². The highest BCUT2D eigenvalue weighted by Crippen LogP contribution is 2.26. The van der Waals surface area contributed by atoms with Crippen molar-refractivity contribution in [2.45, 2.75) is 18.7 Å². The smallest absolute Gasteiger partial charge is 0.257 e. The monoisotopic (exact) mass is 482 g/mol. The Balaban J connectivity index is 1.33. The fourth-order valence-electron chi connectivity index (χ4n) is 4.09. The van der Waals surface area contributed by atoms with Crippen LogP contribution in [0.3, 0.4) is 0 Å². The van der Waals surface area contributed by atoms with Gasteiger partial charge in [0.25, 0.3) is 5.91 Å². The van der Waals surface area contributed by atoms with Crippen LogP contribution < -0.4 is 0 Å². The second-order valence-electron chi connectivity index (χ2n) is 7.93. The van der Waals surface area contributed by atoms with E-state index >= 15 is 0 Å². The SMILES string of the molecule is Cc1ccccc1-n1ncc(C(=O)N2CCN(S(=O)(=O)c3cccc4nsnc34)CC2)c1C. The van der Waals surface area contributed by atoms with E-state index in [-0.39, 0.29) is 23.9 Å². The fraction of sp³-hybridized carbons (Fsp3) is 0.273. The van der Waals surface area contributed by atoms with Crippen LogP contribution in [0.1, 0.15) is 21.6 Å². The summed E-state index contributed by atoms with van der Waals surface area (Å²) in [5, 5.41) is 4.43. The van der Waals surface area contributed by atoms with Crippen molar-refractivity contribution in [3.8, 4) is 5.69 Å². The summed E-state index contributed by atoms with van der Waals surface area (Å²) >= 11 is 0.990. The van der Waals surface area contributed by atoms with E-state index in [0.717, 1.165) is 28.7 Å². The number of nitrogens with zero attached hydrogens (tertiary/aromatic N) is 6. The molecule has 3 heterocycles. The van der Waals surface area contributed by atoms with Gasteiger partial charge in [0, 0.05) is 26.2 Å². The number of benzene rings is 2. The topological polar surface area (TPSA) is 101 Å². The molecule has 1 saturated heterocycles. The van der Waals surface area contributed by atoms with Crippen molar-refractivity contribution in [2.75, 3.05) is 26.2 Å². The number of rotatable bonds is 4. The zero-order valence-corrected chi connectivity index (χ0v) is 19.8. The molecule has 11 heteroatoms. The minimum absolute atomic E-state index is 0.143. The van der Waals surface area contributed by atoms with Crippen LogP contribution in [0.15, 0.2) is 53.6 Å². The van der Waals surface area contributed by atoms with Crippen molar-refractivity contribution < 1.29 is 13.2 Å². The summed E-state index contributed by atoms with van der Waals surface area (Å²) in [4.78, 5) is 15.0. The summed E-state index contributed by atoms with van der Waals surface area (Å²) in [6, 6.07) is 12.8. The average Bonchev–Trinajstić information content (AvgIpc) is 3.45. The lowest BCUT2D eigenvalue weighted by Crippen LogP contribution is -2.50. The molecule has 1 fully saturated rings. The molecule has 0 bridgehead atoms. The molecule has 4 aromatic rings. The second kappa shape index (κ2) is 8.32. The largest absolute Gasteiger partial charge is 0.336 e. The van der Waals surface area contributed by atoms with Crippen molar-refractivity contribution in [3.63, 3.8) is 0 Å². The second-order valence-corrected chi connectivity index (χ2v) is 10.4. The number of piperazine rings is 1. The van der Waals surface area contributed by atoms with Gasteiger partial charge >= 0.3 is 0 Å². The number of carbonyl (C=O) groups is 1. The zero-order valence-electron chi connectivity index (χ0n) is 18.2. The predicted molar refractivity (Wildman–Crippen MR) is 125 cm³/mol. The van der Waals surface area contributed by atoms with Gasteiger partial charge in [-0.05, 0) is 37.6 Å². The molecule has 2 aromatic heterocycles. The van der Waals surface area contributed by atoms with E-state index in [1.54, 1.807) is 34.0 Å². The Morgan fingerprint density at radius 1 is 0.970 bits per heavy atom. The molecule has 0 spiro atoms. The first-order chi connectivity index (χ1) is 15.9. The molecular formula is C22H22N6O3S2. The normalized spacial score (nSPS) is 15.3. The van der Waals surface area contributed by atoms with Crippen LogP contribution in [0.25, 0.3) is 16.7 Å². The van der Waals surface area contributed by atoms with Crippen LogP contribution in [0.5, 0.6) is 0 Å². The molecule has 1 amide bonds. The number of carbonyl (C=O) groups excluding carboxylic acids is 1. The maximum absolute atomic E-state index is 13.2. The Kier molecular flexibility index (Phi) is 5.47. The van der Waals surface area contributed by atoms with Gasteiger partial charge in [-0.15, -0.1) is 0 Å². The number of aromatic nitrogens is 4. The van der Waals surface area contributed by atoms with E-state index < -0.39 is 10.0 Å². The maximum atomic E-state index is 13.2. The molecule has 9 nitrogen and oxygen atoms in total. The van der Waals surface area contributed by atoms with Gasteiger partial charge in [-0.3, -0.25) is 4.79 Å². The molecule has 0 unspecified atom stereocenters. The number of hydrogen-bond donors (Lipinski definition) is 0. The lowest BCUT2D eigenvalue weighted by atomic mass is 10.2. The highest BCUT2D eigenvalue weighted by atomic mass is 32.2. The van der Waals surface area contributed by atoms with Crippen LogP contribution in [0.4, 0.5) is 0 Å². The minimum atomic E-state index is -3.73. The summed E-state index contributed by atoms with van der Waals surface area (Å²) in [5.74, 6) is -0.143. The number of para-hydroxylation sites is 1. The van der Waals surface area contributed by atoms with Gasteiger partial charge in [-0.25, -0.2) is 13.1 Å². The van der Waals surface area contributed by atoms with Crippen molar-refractivity contribution >= 4 is 38.7 Å². The molecule has 0 atom stereocenters. The Morgan fingerprint density at radius 3 is 2.48 bits per heavy atom. The van der Waals surface area contributed by atoms with Gasteiger partial charge in [0.1, 0.15) is 15.9 Å². The van der Waals surface area contributed by atoms with Gasteiger partial charge in [-0.2, -0.15) is 18.2 Å². The molecule has 5 rings (SSSR count). The van der Waals surface area contributed by atoms with Gasteiger partial charge in [-0.1, -0.05) is 24.3 Å². The van der Waals surface area contributed by atoms with E-state index in [2.05, 4.69) is 13.8 Å². The maximum Gasteiger partial charge on any atom is 0.257 e. The summed E-state index contributed by atoms with van der Waals surface area (Å²) in [7, 11) is -3.73. The first-order valence-corrected chi connectivity index (χ1v) is 12.7. The Morgan fingerprint density at radius 2 is 1.73 bits per heavy atom. The molecular weight excluding hydrogens is 460 g/mol. The van der Waals surface area contributed by atoms with E-state index in [4.69, 9.17) is 0 Å². The van der Waals surface area contributed by atoms with Gasteiger partial charge in [0.15, 0.2) is 0 Å². The molecule has 1 aliphatic rings. The van der Waals surface area contributed by atoms with Crippen LogP contribution >= 0.6 is 11.7 Å². The molecule has 2 aromatic carbocycles. The fourth-order valence-corrected chi connectivity index (χ4v) is 6.27. The highest BCUT2D eigenvalue weighted by Gasteiger charge is 2.33. The Labute approximate surface area is 195 Å². The molecule has 0 saturated carbocycles. The average molecular weight is 483 g/mol. The van der Waals surface area contributed by atoms with Crippen molar-refractivity contribution in [1.29, 1.82) is 0 Å². The van der Waals surface area contributed by atoms with E-state index in [9.17, 15) is 13.2 Å². The molecule has 170 valence electrons. The third-order valence-corrected chi connectivity index (χ3v) is 8.45. The van der Waals surface area contributed by atoms with Crippen LogP contribution in [-0.2, 0) is 10.0 Å². The number of aryl methyl sites for hydroxylation is 1. The van der Waals surface area contributed by atoms with E-state index in [1.807, 2.05) is 38.1 Å². The van der Waals surface area contributed by atoms with Crippen molar-refractivity contribution in [2.24, 2.45) is 0 Å². The number of sulfonamides is 1. The third kappa shape index (κ3) is 3.71. The summed E-state index contributed by atoms with van der Waals surface area (Å²) < 4.78 is 37.9. The summed E-state index contributed by atoms with van der Waals surface area (Å²) in [6.07, 6.45) is 1.59. The van der Waals surface area contributed by atoms with Crippen LogP contribution in [0, 0.1) is 13.8 Å². The Bertz CT molecular complexity index is 1450. The number of fused-ring (bicyclic) bond motifs is 1. The molecule has 1 aliphatic heterocycles. The zero-order chi connectivity index (χ0) is 23.2. The van der Waals surface area contributed by atoms with Gasteiger partial charge < -0.3 is 4.90 Å². The lowest BCUT2D eigenvalue weighted by Gasteiger charge is -2.34. The van der Waals surface area contributed by atoms with Crippen LogP contribution in [0.2, 0.25) is 0 Å². The molecule has 0 aliphatic carbocycles. The standard InChI is InChI=1S/C22H22N6O3S2/c1-15-6-3-4-8-19(15)28-16(2)17(14-23-28)22(29)26-10-12-27(13-11-26)33(30,31)20-9-5-7-18-21(20)25-32-24-18/h3-9,14H,10-13H2,1-2H3. The number of amides is 1. The predicted octanol–water partition coefficient (Wildman–Crippen LogP) is 2.64. The first kappa shape index (κ1) is 21.7. The molecule has 0 N–H and O–H groups in total. The van der Waals surface area contributed by atoms with Gasteiger partial charge in [0.2, 0.25) is 10.0 Å². The lowest BCUT2D eigenvalue weighted by molar-refractivity contribution is 0.0697. The summed E-state index contributed by atoms with van der Waals surface area (Å²) in [5.41, 5.74) is 4.22. The third-order valence-electron chi connectivity index (χ3n) is 5.98. The van der Waals surface area contributed by atoms with Crippen LogP contribution in [-0.4, -0.2) is 68.2 Å². The highest BCUT2D eigenvalue weighted by molar-refractivity contribution is 7.89. The Hall–Kier alpha value is -3.15. The molecule has 0 radical (unpaired) electrons. The minimum Gasteiger partial charge on any atom is -0.336 e. The van der Waals surface area contributed by atoms with Gasteiger partial charge in [0.05, 0.1) is 34.9 Å². The number of hydrogen-bond acceptors (Lipinski definition) is 7. The quantitative estimate of drug-likeness (QED) is 0.443. The van der Waals surface area contributed by atoms with Crippen molar-refractivity contribution in [1.82, 2.24) is 27.7 Å². The first-order valence-electron chi connectivity index (χ1n) is 10.5. The summed E-state index contributed by atoms with van der Waals surface area (Å²) in [6.45, 7) is 4.91. The van der Waals surface area contributed by atoms with E-state index in [0.29, 0.717) is 29.7 Å².